The highest BCUT2D eigenvalue weighted by Crippen LogP contribution is 2.30. The van der Waals surface area contributed by atoms with Crippen LogP contribution in [0.15, 0.2) is 18.5 Å². The van der Waals surface area contributed by atoms with Crippen molar-refractivity contribution >= 4 is 23.1 Å². The zero-order valence-corrected chi connectivity index (χ0v) is 16.4. The van der Waals surface area contributed by atoms with Gasteiger partial charge in [0.25, 0.3) is 0 Å². The van der Waals surface area contributed by atoms with E-state index < -0.39 is 0 Å². The van der Waals surface area contributed by atoms with Gasteiger partial charge in [-0.1, -0.05) is 13.8 Å². The molecule has 26 heavy (non-hydrogen) atoms. The van der Waals surface area contributed by atoms with Crippen LogP contribution in [0.25, 0.3) is 5.65 Å². The van der Waals surface area contributed by atoms with Gasteiger partial charge in [-0.15, -0.1) is 0 Å². The van der Waals surface area contributed by atoms with Gasteiger partial charge in [0.1, 0.15) is 5.82 Å². The minimum Gasteiger partial charge on any atom is -0.361 e. The molecule has 0 aliphatic carbocycles. The largest absolute Gasteiger partial charge is 0.361 e. The number of aromatic nitrogens is 5. The average Bonchev–Trinajstić information content (AvgIpc) is 3.01. The third-order valence-electron chi connectivity index (χ3n) is 4.73. The van der Waals surface area contributed by atoms with E-state index in [1.54, 1.807) is 4.52 Å². The molecular weight excluding hydrogens is 326 g/mol. The molecule has 0 unspecified atom stereocenters. The summed E-state index contributed by atoms with van der Waals surface area (Å²) in [6.45, 7) is 8.37. The standard InChI is InChI=1S/C19H27N7/c1-7-14(8-2)15-11-21-26-17(15)22-13(4)23-19(26)24-16-12(3)9-10-20-18(16)25(5)6/h9-11,14H,7-8H2,1-6H3,(H,22,23,24). The summed E-state index contributed by atoms with van der Waals surface area (Å²) in [6.07, 6.45) is 5.87. The van der Waals surface area contributed by atoms with E-state index in [2.05, 4.69) is 46.1 Å². The molecule has 0 saturated heterocycles. The van der Waals surface area contributed by atoms with E-state index in [4.69, 9.17) is 0 Å². The summed E-state index contributed by atoms with van der Waals surface area (Å²) in [5.41, 5.74) is 4.08. The van der Waals surface area contributed by atoms with E-state index in [1.165, 1.54) is 5.56 Å². The zero-order chi connectivity index (χ0) is 18.8. The molecule has 0 aliphatic rings. The maximum atomic E-state index is 4.66. The van der Waals surface area contributed by atoms with Crippen LogP contribution in [-0.4, -0.2) is 38.7 Å². The number of rotatable bonds is 6. The van der Waals surface area contributed by atoms with Crippen LogP contribution in [0.4, 0.5) is 17.5 Å². The summed E-state index contributed by atoms with van der Waals surface area (Å²) in [5, 5.41) is 8.01. The van der Waals surface area contributed by atoms with Crippen LogP contribution in [-0.2, 0) is 0 Å². The van der Waals surface area contributed by atoms with E-state index in [0.29, 0.717) is 11.9 Å². The second kappa shape index (κ2) is 7.27. The maximum absolute atomic E-state index is 4.66. The fraction of sp³-hybridized carbons (Fsp3) is 0.474. The van der Waals surface area contributed by atoms with Crippen molar-refractivity contribution in [3.8, 4) is 0 Å². The Bertz CT molecular complexity index is 910. The lowest BCUT2D eigenvalue weighted by Crippen LogP contribution is -2.15. The molecule has 1 N–H and O–H groups in total. The Hall–Kier alpha value is -2.70. The Labute approximate surface area is 154 Å². The number of nitrogens with zero attached hydrogens (tertiary/aromatic N) is 6. The molecule has 7 nitrogen and oxygen atoms in total. The van der Waals surface area contributed by atoms with Gasteiger partial charge in [0.05, 0.1) is 11.9 Å². The number of hydrogen-bond donors (Lipinski definition) is 1. The van der Waals surface area contributed by atoms with Gasteiger partial charge in [0.2, 0.25) is 5.95 Å². The molecule has 0 fully saturated rings. The molecule has 138 valence electrons. The van der Waals surface area contributed by atoms with Crippen molar-refractivity contribution in [3.63, 3.8) is 0 Å². The first kappa shape index (κ1) is 18.1. The lowest BCUT2D eigenvalue weighted by Gasteiger charge is -2.19. The molecule has 0 radical (unpaired) electrons. The van der Waals surface area contributed by atoms with Gasteiger partial charge < -0.3 is 10.2 Å². The normalized spacial score (nSPS) is 11.3. The summed E-state index contributed by atoms with van der Waals surface area (Å²) in [6, 6.07) is 1.99. The number of nitrogens with one attached hydrogen (secondary N) is 1. The molecule has 3 aromatic heterocycles. The summed E-state index contributed by atoms with van der Waals surface area (Å²) >= 11 is 0. The Morgan fingerprint density at radius 2 is 1.88 bits per heavy atom. The van der Waals surface area contributed by atoms with Crippen LogP contribution >= 0.6 is 0 Å². The molecule has 3 heterocycles. The van der Waals surface area contributed by atoms with Gasteiger partial charge in [-0.2, -0.15) is 14.6 Å². The van der Waals surface area contributed by atoms with Crippen molar-refractivity contribution in [2.24, 2.45) is 0 Å². The van der Waals surface area contributed by atoms with Crippen molar-refractivity contribution in [3.05, 3.63) is 35.4 Å². The fourth-order valence-corrected chi connectivity index (χ4v) is 3.25. The quantitative estimate of drug-likeness (QED) is 0.726. The van der Waals surface area contributed by atoms with E-state index in [-0.39, 0.29) is 0 Å². The molecule has 0 aromatic carbocycles. The molecule has 7 heteroatoms. The molecular formula is C19H27N7. The van der Waals surface area contributed by atoms with Crippen molar-refractivity contribution in [2.45, 2.75) is 46.5 Å². The monoisotopic (exact) mass is 353 g/mol. The van der Waals surface area contributed by atoms with Gasteiger partial charge in [-0.25, -0.2) is 9.97 Å². The summed E-state index contributed by atoms with van der Waals surface area (Å²) in [7, 11) is 3.96. The number of aryl methyl sites for hydroxylation is 2. The highest BCUT2D eigenvalue weighted by atomic mass is 15.4. The zero-order valence-electron chi connectivity index (χ0n) is 16.4. The highest BCUT2D eigenvalue weighted by Gasteiger charge is 2.19. The molecule has 0 spiro atoms. The fourth-order valence-electron chi connectivity index (χ4n) is 3.25. The van der Waals surface area contributed by atoms with Crippen molar-refractivity contribution in [2.75, 3.05) is 24.3 Å². The van der Waals surface area contributed by atoms with Crippen LogP contribution in [0, 0.1) is 13.8 Å². The predicted molar refractivity (Wildman–Crippen MR) is 105 cm³/mol. The van der Waals surface area contributed by atoms with Crippen molar-refractivity contribution in [1.82, 2.24) is 24.6 Å². The Kier molecular flexibility index (Phi) is 5.06. The summed E-state index contributed by atoms with van der Waals surface area (Å²) in [5.74, 6) is 2.69. The van der Waals surface area contributed by atoms with Crippen LogP contribution < -0.4 is 10.2 Å². The minimum absolute atomic E-state index is 0.451. The van der Waals surface area contributed by atoms with Gasteiger partial charge in [-0.05, 0) is 44.2 Å². The van der Waals surface area contributed by atoms with Crippen molar-refractivity contribution < 1.29 is 0 Å². The van der Waals surface area contributed by atoms with Gasteiger partial charge in [0.15, 0.2) is 11.5 Å². The first-order chi connectivity index (χ1) is 12.5. The number of hydrogen-bond acceptors (Lipinski definition) is 6. The van der Waals surface area contributed by atoms with E-state index >= 15 is 0 Å². The summed E-state index contributed by atoms with van der Waals surface area (Å²) in [4.78, 5) is 15.7. The Morgan fingerprint density at radius 1 is 1.15 bits per heavy atom. The Morgan fingerprint density at radius 3 is 2.54 bits per heavy atom. The second-order valence-electron chi connectivity index (χ2n) is 6.79. The Balaban J connectivity index is 2.13. The lowest BCUT2D eigenvalue weighted by molar-refractivity contribution is 0.645. The first-order valence-electron chi connectivity index (χ1n) is 9.08. The molecule has 0 atom stereocenters. The smallest absolute Gasteiger partial charge is 0.232 e. The van der Waals surface area contributed by atoms with Gasteiger partial charge >= 0.3 is 0 Å². The molecule has 0 bridgehead atoms. The highest BCUT2D eigenvalue weighted by molar-refractivity contribution is 5.73. The third kappa shape index (κ3) is 3.21. The lowest BCUT2D eigenvalue weighted by atomic mass is 9.96. The molecule has 3 aromatic rings. The third-order valence-corrected chi connectivity index (χ3v) is 4.73. The molecule has 3 rings (SSSR count). The number of pyridine rings is 1. The first-order valence-corrected chi connectivity index (χ1v) is 9.08. The van der Waals surface area contributed by atoms with Crippen LogP contribution in [0.5, 0.6) is 0 Å². The number of anilines is 3. The van der Waals surface area contributed by atoms with E-state index in [9.17, 15) is 0 Å². The van der Waals surface area contributed by atoms with Gasteiger partial charge in [-0.3, -0.25) is 0 Å². The molecule has 0 saturated carbocycles. The van der Waals surface area contributed by atoms with E-state index in [0.717, 1.165) is 41.4 Å². The van der Waals surface area contributed by atoms with Crippen molar-refractivity contribution in [1.29, 1.82) is 0 Å². The SMILES string of the molecule is CCC(CC)c1cnn2c(Nc3c(C)ccnc3N(C)C)nc(C)nc12. The average molecular weight is 353 g/mol. The maximum Gasteiger partial charge on any atom is 0.232 e. The molecule has 0 amide bonds. The van der Waals surface area contributed by atoms with Crippen LogP contribution in [0.3, 0.4) is 0 Å². The molecule has 0 aliphatic heterocycles. The second-order valence-corrected chi connectivity index (χ2v) is 6.79. The van der Waals surface area contributed by atoms with Crippen LogP contribution in [0.2, 0.25) is 0 Å². The van der Waals surface area contributed by atoms with Gasteiger partial charge in [0, 0.05) is 25.9 Å². The van der Waals surface area contributed by atoms with Crippen LogP contribution in [0.1, 0.15) is 49.6 Å². The minimum atomic E-state index is 0.451. The topological polar surface area (TPSA) is 71.2 Å². The number of fused-ring (bicyclic) bond motifs is 1. The van der Waals surface area contributed by atoms with E-state index in [1.807, 2.05) is 44.4 Å². The predicted octanol–water partition coefficient (Wildman–Crippen LogP) is 3.85. The summed E-state index contributed by atoms with van der Waals surface area (Å²) < 4.78 is 1.80.